The second-order valence-corrected chi connectivity index (χ2v) is 8.19. The maximum Gasteiger partial charge on any atom is 0.235 e. The first-order chi connectivity index (χ1) is 14.5. The third-order valence-electron chi connectivity index (χ3n) is 6.03. The summed E-state index contributed by atoms with van der Waals surface area (Å²) in [6.07, 6.45) is 2.21. The number of rotatable bonds is 3. The van der Waals surface area contributed by atoms with Crippen LogP contribution in [0.2, 0.25) is 0 Å². The molecule has 156 valence electrons. The van der Waals surface area contributed by atoms with Crippen LogP contribution in [0.4, 0.5) is 0 Å². The van der Waals surface area contributed by atoms with Gasteiger partial charge in [-0.25, -0.2) is 0 Å². The molecule has 2 aliphatic rings. The Bertz CT molecular complexity index is 1180. The number of hydrogen-bond acceptors (Lipinski definition) is 6. The standard InChI is InChI=1S/C24H25NO5/c1-14-9-17(16-5-4-8-25(2)12-16)23-18(10-14)21(26)24(27-3)22(30-23)15-6-7-19-20(11-15)29-13-28-19/h6-7,9-11,16H,4-5,8,12-13H2,1-3H3. The Balaban J connectivity index is 1.74. The summed E-state index contributed by atoms with van der Waals surface area (Å²) in [7, 11) is 3.64. The van der Waals surface area contributed by atoms with E-state index >= 15 is 0 Å². The molecule has 30 heavy (non-hydrogen) atoms. The van der Waals surface area contributed by atoms with Crippen molar-refractivity contribution in [3.63, 3.8) is 0 Å². The van der Waals surface area contributed by atoms with Crippen molar-refractivity contribution < 1.29 is 18.6 Å². The summed E-state index contributed by atoms with van der Waals surface area (Å²) in [5.41, 5.74) is 3.37. The normalized spacial score (nSPS) is 18.7. The van der Waals surface area contributed by atoms with Gasteiger partial charge >= 0.3 is 0 Å². The van der Waals surface area contributed by atoms with Crippen molar-refractivity contribution in [2.24, 2.45) is 0 Å². The van der Waals surface area contributed by atoms with E-state index in [2.05, 4.69) is 18.0 Å². The van der Waals surface area contributed by atoms with Crippen molar-refractivity contribution in [1.82, 2.24) is 4.90 Å². The van der Waals surface area contributed by atoms with Gasteiger partial charge < -0.3 is 23.5 Å². The highest BCUT2D eigenvalue weighted by molar-refractivity contribution is 5.86. The molecule has 1 atom stereocenters. The number of methoxy groups -OCH3 is 1. The zero-order valence-electron chi connectivity index (χ0n) is 17.5. The summed E-state index contributed by atoms with van der Waals surface area (Å²) in [6.45, 7) is 4.26. The highest BCUT2D eigenvalue weighted by Gasteiger charge is 2.26. The molecule has 1 fully saturated rings. The molecule has 2 aromatic carbocycles. The van der Waals surface area contributed by atoms with Crippen LogP contribution >= 0.6 is 0 Å². The van der Waals surface area contributed by atoms with Gasteiger partial charge in [0.15, 0.2) is 17.3 Å². The number of nitrogens with zero attached hydrogens (tertiary/aromatic N) is 1. The summed E-state index contributed by atoms with van der Waals surface area (Å²) in [4.78, 5) is 15.7. The lowest BCUT2D eigenvalue weighted by Gasteiger charge is -2.30. The molecule has 0 N–H and O–H groups in total. The Hall–Kier alpha value is -2.99. The fourth-order valence-electron chi connectivity index (χ4n) is 4.59. The van der Waals surface area contributed by atoms with E-state index in [1.807, 2.05) is 31.2 Å². The second-order valence-electron chi connectivity index (χ2n) is 8.19. The first-order valence-corrected chi connectivity index (χ1v) is 10.3. The average molecular weight is 407 g/mol. The minimum absolute atomic E-state index is 0.152. The SMILES string of the molecule is COc1c(-c2ccc3c(c2)OCO3)oc2c(C3CCCN(C)C3)cc(C)cc2c1=O. The van der Waals surface area contributed by atoms with Crippen LogP contribution in [0.1, 0.15) is 29.9 Å². The molecule has 5 rings (SSSR count). The number of benzene rings is 2. The maximum absolute atomic E-state index is 13.4. The Morgan fingerprint density at radius 2 is 1.97 bits per heavy atom. The molecule has 2 aliphatic heterocycles. The van der Waals surface area contributed by atoms with E-state index in [0.717, 1.165) is 42.6 Å². The lowest BCUT2D eigenvalue weighted by molar-refractivity contribution is 0.174. The largest absolute Gasteiger partial charge is 0.490 e. The Labute approximate surface area is 175 Å². The number of likely N-dealkylation sites (tertiary alicyclic amines) is 1. The third-order valence-corrected chi connectivity index (χ3v) is 6.03. The Morgan fingerprint density at radius 1 is 1.13 bits per heavy atom. The predicted molar refractivity (Wildman–Crippen MR) is 115 cm³/mol. The van der Waals surface area contributed by atoms with Crippen molar-refractivity contribution in [3.8, 4) is 28.6 Å². The smallest absolute Gasteiger partial charge is 0.235 e. The third kappa shape index (κ3) is 3.12. The van der Waals surface area contributed by atoms with Crippen molar-refractivity contribution in [3.05, 3.63) is 51.7 Å². The van der Waals surface area contributed by atoms with Crippen LogP contribution in [-0.2, 0) is 0 Å². The number of hydrogen-bond donors (Lipinski definition) is 0. The van der Waals surface area contributed by atoms with Crippen LogP contribution < -0.4 is 19.6 Å². The maximum atomic E-state index is 13.4. The van der Waals surface area contributed by atoms with Crippen LogP contribution in [0.25, 0.3) is 22.3 Å². The van der Waals surface area contributed by atoms with Gasteiger partial charge in [0.25, 0.3) is 0 Å². The molecule has 0 spiro atoms. The van der Waals surface area contributed by atoms with Gasteiger partial charge in [-0.2, -0.15) is 0 Å². The number of ether oxygens (including phenoxy) is 3. The number of piperidine rings is 1. The average Bonchev–Trinajstić information content (AvgIpc) is 3.21. The molecule has 1 unspecified atom stereocenters. The van der Waals surface area contributed by atoms with Crippen molar-refractivity contribution in [1.29, 1.82) is 0 Å². The lowest BCUT2D eigenvalue weighted by atomic mass is 9.88. The highest BCUT2D eigenvalue weighted by Crippen LogP contribution is 2.40. The van der Waals surface area contributed by atoms with E-state index < -0.39 is 0 Å². The molecule has 0 aliphatic carbocycles. The van der Waals surface area contributed by atoms with Crippen LogP contribution in [0, 0.1) is 6.92 Å². The van der Waals surface area contributed by atoms with Crippen LogP contribution in [-0.4, -0.2) is 38.9 Å². The first kappa shape index (κ1) is 19.0. The minimum Gasteiger partial charge on any atom is -0.490 e. The van der Waals surface area contributed by atoms with Gasteiger partial charge in [0.1, 0.15) is 5.58 Å². The van der Waals surface area contributed by atoms with Crippen LogP contribution in [0.3, 0.4) is 0 Å². The molecule has 1 saturated heterocycles. The van der Waals surface area contributed by atoms with Crippen molar-refractivity contribution in [2.45, 2.75) is 25.7 Å². The quantitative estimate of drug-likeness (QED) is 0.645. The fraction of sp³-hybridized carbons (Fsp3) is 0.375. The monoisotopic (exact) mass is 407 g/mol. The summed E-state index contributed by atoms with van der Waals surface area (Å²) in [5, 5.41) is 0.569. The summed E-state index contributed by atoms with van der Waals surface area (Å²) < 4.78 is 22.9. The van der Waals surface area contributed by atoms with Crippen LogP contribution in [0.15, 0.2) is 39.5 Å². The zero-order valence-corrected chi connectivity index (χ0v) is 17.5. The van der Waals surface area contributed by atoms with Gasteiger partial charge in [0.2, 0.25) is 18.0 Å². The van der Waals surface area contributed by atoms with Gasteiger partial charge in [-0.3, -0.25) is 4.79 Å². The van der Waals surface area contributed by atoms with E-state index in [1.165, 1.54) is 7.11 Å². The van der Waals surface area contributed by atoms with Gasteiger partial charge in [-0.1, -0.05) is 6.07 Å². The molecule has 6 nitrogen and oxygen atoms in total. The van der Waals surface area contributed by atoms with E-state index in [-0.39, 0.29) is 18.0 Å². The van der Waals surface area contributed by atoms with Gasteiger partial charge in [-0.05, 0) is 63.2 Å². The molecule has 3 heterocycles. The Morgan fingerprint density at radius 3 is 2.77 bits per heavy atom. The molecule has 0 saturated carbocycles. The van der Waals surface area contributed by atoms with Gasteiger partial charge in [-0.15, -0.1) is 0 Å². The van der Waals surface area contributed by atoms with E-state index in [9.17, 15) is 4.79 Å². The van der Waals surface area contributed by atoms with E-state index in [0.29, 0.717) is 34.1 Å². The molecule has 0 radical (unpaired) electrons. The number of likely N-dealkylation sites (N-methyl/N-ethyl adjacent to an activating group) is 1. The molecule has 1 aromatic heterocycles. The summed E-state index contributed by atoms with van der Waals surface area (Å²) in [6, 6.07) is 9.57. The molecule has 0 bridgehead atoms. The number of fused-ring (bicyclic) bond motifs is 2. The predicted octanol–water partition coefficient (Wildman–Crippen LogP) is 4.31. The Kier molecular flexibility index (Phi) is 4.66. The first-order valence-electron chi connectivity index (χ1n) is 10.3. The second kappa shape index (κ2) is 7.36. The summed E-state index contributed by atoms with van der Waals surface area (Å²) in [5.74, 6) is 2.27. The van der Waals surface area contributed by atoms with Crippen molar-refractivity contribution in [2.75, 3.05) is 34.0 Å². The van der Waals surface area contributed by atoms with Gasteiger partial charge in [0.05, 0.1) is 12.5 Å². The summed E-state index contributed by atoms with van der Waals surface area (Å²) >= 11 is 0. The molecule has 6 heteroatoms. The minimum atomic E-state index is -0.152. The van der Waals surface area contributed by atoms with E-state index in [4.69, 9.17) is 18.6 Å². The van der Waals surface area contributed by atoms with Crippen molar-refractivity contribution >= 4 is 11.0 Å². The molecular weight excluding hydrogens is 382 g/mol. The molecular formula is C24H25NO5. The van der Waals surface area contributed by atoms with Gasteiger partial charge in [0, 0.05) is 23.6 Å². The van der Waals surface area contributed by atoms with E-state index in [1.54, 1.807) is 0 Å². The molecule has 0 amide bonds. The highest BCUT2D eigenvalue weighted by atomic mass is 16.7. The van der Waals surface area contributed by atoms with Crippen LogP contribution in [0.5, 0.6) is 17.2 Å². The fourth-order valence-corrected chi connectivity index (χ4v) is 4.59. The topological polar surface area (TPSA) is 61.1 Å². The lowest BCUT2D eigenvalue weighted by Crippen LogP contribution is -2.31. The molecule has 3 aromatic rings. The zero-order chi connectivity index (χ0) is 20.8. The number of aryl methyl sites for hydroxylation is 1.